The lowest BCUT2D eigenvalue weighted by Gasteiger charge is -2.28. The van der Waals surface area contributed by atoms with Crippen molar-refractivity contribution in [1.29, 1.82) is 5.26 Å². The summed E-state index contributed by atoms with van der Waals surface area (Å²) >= 11 is 6.02. The zero-order valence-electron chi connectivity index (χ0n) is 12.5. The van der Waals surface area contributed by atoms with Gasteiger partial charge >= 0.3 is 0 Å². The molecule has 2 saturated heterocycles. The van der Waals surface area contributed by atoms with Gasteiger partial charge in [-0.2, -0.15) is 5.26 Å². The van der Waals surface area contributed by atoms with Gasteiger partial charge in [-0.3, -0.25) is 9.59 Å². The first kappa shape index (κ1) is 15.8. The number of hydrogen-bond acceptors (Lipinski definition) is 4. The molecule has 3 rings (SSSR count). The smallest absolute Gasteiger partial charge is 0.229 e. The lowest BCUT2D eigenvalue weighted by molar-refractivity contribution is -0.145. The maximum absolute atomic E-state index is 12.5. The van der Waals surface area contributed by atoms with Gasteiger partial charge in [0.25, 0.3) is 0 Å². The molecule has 1 aromatic carbocycles. The van der Waals surface area contributed by atoms with Crippen LogP contribution in [0.5, 0.6) is 0 Å². The molecule has 2 aliphatic heterocycles. The van der Waals surface area contributed by atoms with E-state index in [9.17, 15) is 9.59 Å². The molecule has 0 unspecified atom stereocenters. The van der Waals surface area contributed by atoms with Gasteiger partial charge in [-0.15, -0.1) is 0 Å². The number of nitriles is 1. The van der Waals surface area contributed by atoms with Crippen LogP contribution in [0.3, 0.4) is 0 Å². The summed E-state index contributed by atoms with van der Waals surface area (Å²) in [6.07, 6.45) is 1.01. The van der Waals surface area contributed by atoms with Crippen LogP contribution in [-0.4, -0.2) is 43.1 Å². The Bertz CT molecular complexity index is 680. The van der Waals surface area contributed by atoms with Gasteiger partial charge in [-0.25, -0.2) is 0 Å². The van der Waals surface area contributed by atoms with Crippen molar-refractivity contribution in [3.63, 3.8) is 0 Å². The SMILES string of the molecule is N#Cc1ccc(N2C[C@@H](C(=O)N3CCCOC3)CC2=O)cc1Cl. The van der Waals surface area contributed by atoms with Gasteiger partial charge in [0.2, 0.25) is 11.8 Å². The van der Waals surface area contributed by atoms with Crippen molar-refractivity contribution >= 4 is 29.1 Å². The molecular weight excluding hydrogens is 318 g/mol. The van der Waals surface area contributed by atoms with Crippen molar-refractivity contribution in [2.45, 2.75) is 12.8 Å². The molecule has 0 radical (unpaired) electrons. The van der Waals surface area contributed by atoms with Gasteiger partial charge in [0.15, 0.2) is 0 Å². The first-order valence-corrected chi connectivity index (χ1v) is 7.84. The van der Waals surface area contributed by atoms with E-state index in [2.05, 4.69) is 0 Å². The van der Waals surface area contributed by atoms with Crippen molar-refractivity contribution in [2.24, 2.45) is 5.92 Å². The number of rotatable bonds is 2. The monoisotopic (exact) mass is 333 g/mol. The first-order valence-electron chi connectivity index (χ1n) is 7.46. The third-order valence-corrected chi connectivity index (χ3v) is 4.45. The Morgan fingerprint density at radius 1 is 1.43 bits per heavy atom. The van der Waals surface area contributed by atoms with Crippen LogP contribution >= 0.6 is 11.6 Å². The number of carbonyl (C=O) groups excluding carboxylic acids is 2. The van der Waals surface area contributed by atoms with Gasteiger partial charge in [0, 0.05) is 25.2 Å². The molecule has 120 valence electrons. The van der Waals surface area contributed by atoms with E-state index in [1.807, 2.05) is 6.07 Å². The Labute approximate surface area is 139 Å². The molecule has 1 aromatic rings. The predicted octanol–water partition coefficient (Wildman–Crippen LogP) is 1.77. The molecule has 1 atom stereocenters. The van der Waals surface area contributed by atoms with Crippen LogP contribution in [0.2, 0.25) is 5.02 Å². The quantitative estimate of drug-likeness (QED) is 0.826. The van der Waals surface area contributed by atoms with E-state index in [0.717, 1.165) is 6.42 Å². The number of hydrogen-bond donors (Lipinski definition) is 0. The van der Waals surface area contributed by atoms with Crippen LogP contribution in [0.1, 0.15) is 18.4 Å². The standard InChI is InChI=1S/C16H16ClN3O3/c17-14-7-13(3-2-11(14)8-18)20-9-12(6-15(20)21)16(22)19-4-1-5-23-10-19/h2-3,7,12H,1,4-6,9-10H2/t12-/m0/s1. The maximum atomic E-state index is 12.5. The topological polar surface area (TPSA) is 73.6 Å². The lowest BCUT2D eigenvalue weighted by atomic mass is 10.1. The summed E-state index contributed by atoms with van der Waals surface area (Å²) in [5.74, 6) is -0.513. The largest absolute Gasteiger partial charge is 0.361 e. The molecule has 0 aliphatic carbocycles. The predicted molar refractivity (Wildman–Crippen MR) is 83.8 cm³/mol. The minimum absolute atomic E-state index is 0.0414. The number of benzene rings is 1. The highest BCUT2D eigenvalue weighted by Crippen LogP contribution is 2.29. The van der Waals surface area contributed by atoms with E-state index in [1.165, 1.54) is 0 Å². The molecule has 7 heteroatoms. The molecule has 2 heterocycles. The van der Waals surface area contributed by atoms with Gasteiger partial charge in [-0.05, 0) is 24.6 Å². The Morgan fingerprint density at radius 3 is 2.91 bits per heavy atom. The molecular formula is C16H16ClN3O3. The number of anilines is 1. The maximum Gasteiger partial charge on any atom is 0.229 e. The van der Waals surface area contributed by atoms with Crippen molar-refractivity contribution in [1.82, 2.24) is 4.90 Å². The molecule has 0 N–H and O–H groups in total. The first-order chi connectivity index (χ1) is 11.1. The minimum atomic E-state index is -0.362. The van der Waals surface area contributed by atoms with Gasteiger partial charge < -0.3 is 14.5 Å². The van der Waals surface area contributed by atoms with E-state index < -0.39 is 0 Å². The molecule has 0 aromatic heterocycles. The third-order valence-electron chi connectivity index (χ3n) is 4.13. The van der Waals surface area contributed by atoms with Crippen molar-refractivity contribution in [3.8, 4) is 6.07 Å². The summed E-state index contributed by atoms with van der Waals surface area (Å²) < 4.78 is 5.30. The van der Waals surface area contributed by atoms with Crippen LogP contribution in [0, 0.1) is 17.2 Å². The van der Waals surface area contributed by atoms with E-state index >= 15 is 0 Å². The molecule has 2 aliphatic rings. The van der Waals surface area contributed by atoms with E-state index in [1.54, 1.807) is 28.0 Å². The second kappa shape index (κ2) is 6.57. The van der Waals surface area contributed by atoms with Gasteiger partial charge in [0.05, 0.1) is 23.1 Å². The van der Waals surface area contributed by atoms with Crippen molar-refractivity contribution < 1.29 is 14.3 Å². The highest BCUT2D eigenvalue weighted by atomic mass is 35.5. The normalized spacial score (nSPS) is 21.4. The number of halogens is 1. The fourth-order valence-corrected chi connectivity index (χ4v) is 3.13. The molecule has 0 bridgehead atoms. The average molecular weight is 334 g/mol. The summed E-state index contributed by atoms with van der Waals surface area (Å²) in [5, 5.41) is 9.21. The Kier molecular flexibility index (Phi) is 4.51. The zero-order chi connectivity index (χ0) is 16.4. The van der Waals surface area contributed by atoms with E-state index in [-0.39, 0.29) is 24.2 Å². The van der Waals surface area contributed by atoms with Crippen molar-refractivity contribution in [3.05, 3.63) is 28.8 Å². The Balaban J connectivity index is 1.73. The average Bonchev–Trinajstić information content (AvgIpc) is 2.96. The number of amides is 2. The van der Waals surface area contributed by atoms with Crippen LogP contribution in [-0.2, 0) is 14.3 Å². The Hall–Kier alpha value is -2.10. The number of nitrogens with zero attached hydrogens (tertiary/aromatic N) is 3. The van der Waals surface area contributed by atoms with E-state index in [0.29, 0.717) is 42.7 Å². The van der Waals surface area contributed by atoms with Crippen LogP contribution in [0.4, 0.5) is 5.69 Å². The molecule has 6 nitrogen and oxygen atoms in total. The van der Waals surface area contributed by atoms with Crippen LogP contribution in [0.25, 0.3) is 0 Å². The molecule has 23 heavy (non-hydrogen) atoms. The second-order valence-electron chi connectivity index (χ2n) is 5.67. The van der Waals surface area contributed by atoms with E-state index in [4.69, 9.17) is 21.6 Å². The molecule has 2 amide bonds. The number of ether oxygens (including phenoxy) is 1. The van der Waals surface area contributed by atoms with Gasteiger partial charge in [0.1, 0.15) is 12.8 Å². The third kappa shape index (κ3) is 3.16. The highest BCUT2D eigenvalue weighted by Gasteiger charge is 2.37. The summed E-state index contributed by atoms with van der Waals surface area (Å²) in [4.78, 5) is 28.0. The summed E-state index contributed by atoms with van der Waals surface area (Å²) in [7, 11) is 0. The number of carbonyl (C=O) groups is 2. The second-order valence-corrected chi connectivity index (χ2v) is 6.08. The fourth-order valence-electron chi connectivity index (χ4n) is 2.91. The summed E-state index contributed by atoms with van der Waals surface area (Å²) in [6.45, 7) is 1.97. The Morgan fingerprint density at radius 2 is 2.26 bits per heavy atom. The molecule has 0 saturated carbocycles. The summed E-state index contributed by atoms with van der Waals surface area (Å²) in [5.41, 5.74) is 0.976. The minimum Gasteiger partial charge on any atom is -0.361 e. The summed E-state index contributed by atoms with van der Waals surface area (Å²) in [6, 6.07) is 6.84. The highest BCUT2D eigenvalue weighted by molar-refractivity contribution is 6.32. The van der Waals surface area contributed by atoms with Gasteiger partial charge in [-0.1, -0.05) is 11.6 Å². The van der Waals surface area contributed by atoms with Crippen LogP contribution < -0.4 is 4.90 Å². The lowest BCUT2D eigenvalue weighted by Crippen LogP contribution is -2.42. The molecule has 2 fully saturated rings. The van der Waals surface area contributed by atoms with Crippen LogP contribution in [0.15, 0.2) is 18.2 Å². The zero-order valence-corrected chi connectivity index (χ0v) is 13.3. The van der Waals surface area contributed by atoms with Crippen molar-refractivity contribution in [2.75, 3.05) is 31.3 Å². The fraction of sp³-hybridized carbons (Fsp3) is 0.438. The molecule has 0 spiro atoms.